The zero-order valence-electron chi connectivity index (χ0n) is 21.4. The maximum atomic E-state index is 13.8. The van der Waals surface area contributed by atoms with Crippen LogP contribution in [0.2, 0.25) is 5.02 Å². The Hall–Kier alpha value is -3.36. The molecule has 37 heavy (non-hydrogen) atoms. The number of anilines is 1. The number of benzene rings is 3. The van der Waals surface area contributed by atoms with E-state index in [-0.39, 0.29) is 23.4 Å². The second-order valence-corrected chi connectivity index (χ2v) is 11.4. The van der Waals surface area contributed by atoms with Gasteiger partial charge in [-0.25, -0.2) is 8.42 Å². The fourth-order valence-electron chi connectivity index (χ4n) is 3.81. The summed E-state index contributed by atoms with van der Waals surface area (Å²) in [7, 11) is -4.08. The number of nitrogens with one attached hydrogen (secondary N) is 1. The fraction of sp³-hybridized carbons (Fsp3) is 0.286. The Morgan fingerprint density at radius 1 is 0.919 bits per heavy atom. The number of hydrogen-bond acceptors (Lipinski definition) is 4. The highest BCUT2D eigenvalue weighted by molar-refractivity contribution is 7.92. The SMILES string of the molecule is Cc1cccc(N(CC(=O)N(Cc2ccc(Cl)cc2)[C@@H](C)C(=O)NC(C)C)S(=O)(=O)c2ccccc2)c1. The van der Waals surface area contributed by atoms with Gasteiger partial charge in [0.25, 0.3) is 10.0 Å². The van der Waals surface area contributed by atoms with Crippen LogP contribution in [0.1, 0.15) is 31.9 Å². The van der Waals surface area contributed by atoms with Crippen LogP contribution in [-0.4, -0.2) is 43.8 Å². The van der Waals surface area contributed by atoms with Gasteiger partial charge in [-0.1, -0.05) is 54.1 Å². The summed E-state index contributed by atoms with van der Waals surface area (Å²) in [5.74, 6) is -0.840. The van der Waals surface area contributed by atoms with Crippen LogP contribution in [0.3, 0.4) is 0 Å². The normalized spacial score (nSPS) is 12.2. The van der Waals surface area contributed by atoms with Crippen molar-refractivity contribution in [3.05, 3.63) is 95.0 Å². The van der Waals surface area contributed by atoms with Crippen molar-refractivity contribution in [2.45, 2.75) is 51.2 Å². The maximum Gasteiger partial charge on any atom is 0.264 e. The van der Waals surface area contributed by atoms with Crippen molar-refractivity contribution in [1.29, 1.82) is 0 Å². The number of aryl methyl sites for hydroxylation is 1. The van der Waals surface area contributed by atoms with Crippen molar-refractivity contribution in [2.75, 3.05) is 10.8 Å². The van der Waals surface area contributed by atoms with Gasteiger partial charge < -0.3 is 10.2 Å². The molecule has 1 atom stereocenters. The van der Waals surface area contributed by atoms with Gasteiger partial charge in [0.15, 0.2) is 0 Å². The number of carbonyl (C=O) groups excluding carboxylic acids is 2. The minimum atomic E-state index is -4.08. The summed E-state index contributed by atoms with van der Waals surface area (Å²) in [6.07, 6.45) is 0. The van der Waals surface area contributed by atoms with E-state index >= 15 is 0 Å². The van der Waals surface area contributed by atoms with Gasteiger partial charge in [-0.15, -0.1) is 0 Å². The smallest absolute Gasteiger partial charge is 0.264 e. The maximum absolute atomic E-state index is 13.8. The highest BCUT2D eigenvalue weighted by Crippen LogP contribution is 2.25. The molecule has 0 bridgehead atoms. The van der Waals surface area contributed by atoms with E-state index in [1.807, 2.05) is 26.8 Å². The molecule has 0 aliphatic heterocycles. The molecule has 3 aromatic rings. The summed E-state index contributed by atoms with van der Waals surface area (Å²) in [4.78, 5) is 28.2. The highest BCUT2D eigenvalue weighted by Gasteiger charge is 2.32. The minimum Gasteiger partial charge on any atom is -0.352 e. The van der Waals surface area contributed by atoms with Crippen molar-refractivity contribution >= 4 is 39.1 Å². The Labute approximate surface area is 224 Å². The van der Waals surface area contributed by atoms with Gasteiger partial charge in [0.2, 0.25) is 11.8 Å². The lowest BCUT2D eigenvalue weighted by Crippen LogP contribution is -2.52. The Balaban J connectivity index is 2.01. The molecule has 0 aliphatic carbocycles. The molecule has 0 unspecified atom stereocenters. The van der Waals surface area contributed by atoms with Gasteiger partial charge in [0, 0.05) is 17.6 Å². The molecule has 2 amide bonds. The van der Waals surface area contributed by atoms with E-state index in [4.69, 9.17) is 11.6 Å². The third-order valence-corrected chi connectivity index (χ3v) is 7.80. The molecule has 3 rings (SSSR count). The second-order valence-electron chi connectivity index (χ2n) is 9.15. The summed E-state index contributed by atoms with van der Waals surface area (Å²) in [5.41, 5.74) is 1.97. The monoisotopic (exact) mass is 541 g/mol. The number of carbonyl (C=O) groups is 2. The van der Waals surface area contributed by atoms with Crippen LogP contribution in [0.5, 0.6) is 0 Å². The summed E-state index contributed by atoms with van der Waals surface area (Å²) in [6, 6.07) is 20.9. The van der Waals surface area contributed by atoms with Crippen molar-refractivity contribution < 1.29 is 18.0 Å². The molecule has 0 aromatic heterocycles. The minimum absolute atomic E-state index is 0.0687. The zero-order valence-corrected chi connectivity index (χ0v) is 23.0. The predicted octanol–water partition coefficient (Wildman–Crippen LogP) is 4.79. The number of halogens is 1. The van der Waals surface area contributed by atoms with E-state index in [0.717, 1.165) is 15.4 Å². The third-order valence-electron chi connectivity index (χ3n) is 5.76. The van der Waals surface area contributed by atoms with E-state index in [2.05, 4.69) is 5.32 Å². The number of amides is 2. The Bertz CT molecular complexity index is 1330. The quantitative estimate of drug-likeness (QED) is 0.400. The lowest BCUT2D eigenvalue weighted by atomic mass is 10.1. The topological polar surface area (TPSA) is 86.8 Å². The van der Waals surface area contributed by atoms with Crippen molar-refractivity contribution in [3.63, 3.8) is 0 Å². The van der Waals surface area contributed by atoms with Crippen LogP contribution >= 0.6 is 11.6 Å². The van der Waals surface area contributed by atoms with E-state index < -0.39 is 28.5 Å². The molecular formula is C28H32ClN3O4S. The van der Waals surface area contributed by atoms with Crippen LogP contribution in [-0.2, 0) is 26.2 Å². The largest absolute Gasteiger partial charge is 0.352 e. The summed E-state index contributed by atoms with van der Waals surface area (Å²) in [5, 5.41) is 3.38. The summed E-state index contributed by atoms with van der Waals surface area (Å²) in [6.45, 7) is 6.78. The number of nitrogens with zero attached hydrogens (tertiary/aromatic N) is 2. The standard InChI is InChI=1S/C28H32ClN3O4S/c1-20(2)30-28(34)22(4)31(18-23-13-15-24(29)16-14-23)27(33)19-32(25-10-8-9-21(3)17-25)37(35,36)26-11-6-5-7-12-26/h5-17,20,22H,18-19H2,1-4H3,(H,30,34)/t22-/m0/s1. The first-order valence-electron chi connectivity index (χ1n) is 12.0. The summed E-state index contributed by atoms with van der Waals surface area (Å²) >= 11 is 6.02. The first kappa shape index (κ1) is 28.2. The average molecular weight is 542 g/mol. The van der Waals surface area contributed by atoms with Gasteiger partial charge in [0.05, 0.1) is 10.6 Å². The van der Waals surface area contributed by atoms with E-state index in [0.29, 0.717) is 10.7 Å². The lowest BCUT2D eigenvalue weighted by molar-refractivity contribution is -0.139. The molecule has 0 fully saturated rings. The van der Waals surface area contributed by atoms with Crippen molar-refractivity contribution in [1.82, 2.24) is 10.2 Å². The van der Waals surface area contributed by atoms with Crippen LogP contribution in [0.25, 0.3) is 0 Å². The van der Waals surface area contributed by atoms with Gasteiger partial charge in [-0.3, -0.25) is 13.9 Å². The Morgan fingerprint density at radius 3 is 2.16 bits per heavy atom. The lowest BCUT2D eigenvalue weighted by Gasteiger charge is -2.32. The van der Waals surface area contributed by atoms with E-state index in [1.165, 1.54) is 17.0 Å². The molecule has 0 saturated heterocycles. The fourth-order valence-corrected chi connectivity index (χ4v) is 5.36. The predicted molar refractivity (Wildman–Crippen MR) is 147 cm³/mol. The van der Waals surface area contributed by atoms with E-state index in [1.54, 1.807) is 67.6 Å². The molecular weight excluding hydrogens is 510 g/mol. The highest BCUT2D eigenvalue weighted by atomic mass is 35.5. The molecule has 9 heteroatoms. The van der Waals surface area contributed by atoms with Crippen LogP contribution in [0, 0.1) is 6.92 Å². The average Bonchev–Trinajstić information content (AvgIpc) is 2.86. The molecule has 7 nitrogen and oxygen atoms in total. The zero-order chi connectivity index (χ0) is 27.2. The summed E-state index contributed by atoms with van der Waals surface area (Å²) < 4.78 is 28.5. The van der Waals surface area contributed by atoms with Crippen LogP contribution < -0.4 is 9.62 Å². The Kier molecular flexibility index (Phi) is 9.34. The van der Waals surface area contributed by atoms with Gasteiger partial charge >= 0.3 is 0 Å². The molecule has 196 valence electrons. The van der Waals surface area contributed by atoms with E-state index in [9.17, 15) is 18.0 Å². The van der Waals surface area contributed by atoms with Crippen LogP contribution in [0.4, 0.5) is 5.69 Å². The van der Waals surface area contributed by atoms with Gasteiger partial charge in [-0.05, 0) is 75.2 Å². The Morgan fingerprint density at radius 2 is 1.57 bits per heavy atom. The number of rotatable bonds is 10. The molecule has 0 spiro atoms. The van der Waals surface area contributed by atoms with Crippen molar-refractivity contribution in [2.24, 2.45) is 0 Å². The molecule has 1 N–H and O–H groups in total. The molecule has 0 radical (unpaired) electrons. The first-order chi connectivity index (χ1) is 17.5. The molecule has 0 heterocycles. The molecule has 0 aliphatic rings. The number of sulfonamides is 1. The molecule has 3 aromatic carbocycles. The first-order valence-corrected chi connectivity index (χ1v) is 13.8. The van der Waals surface area contributed by atoms with Gasteiger partial charge in [0.1, 0.15) is 12.6 Å². The van der Waals surface area contributed by atoms with Crippen molar-refractivity contribution in [3.8, 4) is 0 Å². The van der Waals surface area contributed by atoms with Gasteiger partial charge in [-0.2, -0.15) is 0 Å². The molecule has 0 saturated carbocycles. The number of hydrogen-bond donors (Lipinski definition) is 1. The third kappa shape index (κ3) is 7.33. The van der Waals surface area contributed by atoms with Crippen LogP contribution in [0.15, 0.2) is 83.8 Å². The second kappa shape index (κ2) is 12.3.